The van der Waals surface area contributed by atoms with Gasteiger partial charge < -0.3 is 30.8 Å². The van der Waals surface area contributed by atoms with E-state index in [4.69, 9.17) is 10.5 Å². The van der Waals surface area contributed by atoms with Gasteiger partial charge in [0.2, 0.25) is 5.95 Å². The van der Waals surface area contributed by atoms with E-state index in [0.717, 1.165) is 77.8 Å². The largest absolute Gasteiger partial charge is 0.496 e. The summed E-state index contributed by atoms with van der Waals surface area (Å²) in [7, 11) is 1.71. The number of hydrogen-bond acceptors (Lipinski definition) is 7. The zero-order valence-electron chi connectivity index (χ0n) is 20.4. The van der Waals surface area contributed by atoms with Crippen molar-refractivity contribution in [3.63, 3.8) is 0 Å². The molecule has 0 atom stereocenters. The highest BCUT2D eigenvalue weighted by molar-refractivity contribution is 6.09. The van der Waals surface area contributed by atoms with Gasteiger partial charge in [0.1, 0.15) is 16.8 Å². The van der Waals surface area contributed by atoms with Crippen molar-refractivity contribution in [2.24, 2.45) is 0 Å². The van der Waals surface area contributed by atoms with Gasteiger partial charge in [-0.15, -0.1) is 0 Å². The van der Waals surface area contributed by atoms with Crippen LogP contribution in [0, 0.1) is 0 Å². The highest BCUT2D eigenvalue weighted by atomic mass is 16.5. The van der Waals surface area contributed by atoms with Crippen molar-refractivity contribution in [2.45, 2.75) is 57.8 Å². The standard InChI is InChI=1S/C27H34N6O2/c1-3-4-11-29-26-25-24(31-27(28)32-26)21-7-5-6-8-22(21)33(25)16-18-12-17(9-10-23(18)35-2)15-30-19-13-20(34)14-19/h5-10,12,19-20,30,34H,3-4,11,13-16H2,1-2H3,(H3,28,29,31,32). The van der Waals surface area contributed by atoms with Crippen molar-refractivity contribution in [2.75, 3.05) is 24.7 Å². The second-order valence-electron chi connectivity index (χ2n) is 9.36. The molecule has 1 aliphatic rings. The fraction of sp³-hybridized carbons (Fsp3) is 0.407. The molecule has 5 rings (SSSR count). The van der Waals surface area contributed by atoms with E-state index in [1.165, 1.54) is 5.56 Å². The summed E-state index contributed by atoms with van der Waals surface area (Å²) in [5, 5.41) is 17.7. The predicted octanol–water partition coefficient (Wildman–Crippen LogP) is 4.05. The zero-order valence-corrected chi connectivity index (χ0v) is 20.4. The molecule has 1 aliphatic carbocycles. The van der Waals surface area contributed by atoms with E-state index in [1.807, 2.05) is 18.2 Å². The number of rotatable bonds is 10. The summed E-state index contributed by atoms with van der Waals surface area (Å²) in [4.78, 5) is 9.20. The van der Waals surface area contributed by atoms with Crippen LogP contribution < -0.4 is 21.1 Å². The normalized spacial score (nSPS) is 17.6. The van der Waals surface area contributed by atoms with E-state index >= 15 is 0 Å². The second kappa shape index (κ2) is 10.1. The van der Waals surface area contributed by atoms with E-state index in [1.54, 1.807) is 7.11 Å². The number of ether oxygens (including phenoxy) is 1. The van der Waals surface area contributed by atoms with E-state index in [0.29, 0.717) is 12.6 Å². The first-order valence-electron chi connectivity index (χ1n) is 12.4. The minimum absolute atomic E-state index is 0.161. The third-order valence-electron chi connectivity index (χ3n) is 6.83. The number of anilines is 2. The first-order chi connectivity index (χ1) is 17.1. The van der Waals surface area contributed by atoms with Gasteiger partial charge in [0.25, 0.3) is 0 Å². The van der Waals surface area contributed by atoms with Crippen LogP contribution in [0.3, 0.4) is 0 Å². The molecule has 0 amide bonds. The van der Waals surface area contributed by atoms with Gasteiger partial charge in [-0.1, -0.05) is 37.6 Å². The number of nitrogens with zero attached hydrogens (tertiary/aromatic N) is 3. The summed E-state index contributed by atoms with van der Waals surface area (Å²) in [6.45, 7) is 4.36. The number of para-hydroxylation sites is 1. The molecule has 2 aromatic carbocycles. The van der Waals surface area contributed by atoms with E-state index in [2.05, 4.69) is 56.4 Å². The van der Waals surface area contributed by atoms with Crippen LogP contribution in [-0.2, 0) is 13.1 Å². The molecule has 35 heavy (non-hydrogen) atoms. The van der Waals surface area contributed by atoms with Gasteiger partial charge >= 0.3 is 0 Å². The lowest BCUT2D eigenvalue weighted by Crippen LogP contribution is -2.43. The third kappa shape index (κ3) is 4.76. The van der Waals surface area contributed by atoms with Crippen molar-refractivity contribution in [3.05, 3.63) is 53.6 Å². The Kier molecular flexibility index (Phi) is 6.74. The molecule has 184 valence electrons. The third-order valence-corrected chi connectivity index (χ3v) is 6.83. The number of hydrogen-bond donors (Lipinski definition) is 4. The summed E-state index contributed by atoms with van der Waals surface area (Å²) in [6.07, 6.45) is 3.62. The van der Waals surface area contributed by atoms with Crippen molar-refractivity contribution in [1.29, 1.82) is 0 Å². The Bertz CT molecular complexity index is 1330. The van der Waals surface area contributed by atoms with Crippen LogP contribution in [0.25, 0.3) is 21.9 Å². The SMILES string of the molecule is CCCCNc1nc(N)nc2c3ccccc3n(Cc3cc(CNC4CC(O)C4)ccc3OC)c12. The number of methoxy groups -OCH3 is 1. The molecule has 4 aromatic rings. The predicted molar refractivity (Wildman–Crippen MR) is 141 cm³/mol. The fourth-order valence-corrected chi connectivity index (χ4v) is 4.87. The zero-order chi connectivity index (χ0) is 24.4. The van der Waals surface area contributed by atoms with Gasteiger partial charge in [0.05, 0.1) is 25.3 Å². The Balaban J connectivity index is 1.55. The Morgan fingerprint density at radius 2 is 2.00 bits per heavy atom. The molecular weight excluding hydrogens is 440 g/mol. The Hall–Kier alpha value is -3.36. The maximum atomic E-state index is 9.57. The summed E-state index contributed by atoms with van der Waals surface area (Å²) >= 11 is 0. The quantitative estimate of drug-likeness (QED) is 0.257. The Morgan fingerprint density at radius 1 is 1.17 bits per heavy atom. The van der Waals surface area contributed by atoms with E-state index in [9.17, 15) is 5.11 Å². The van der Waals surface area contributed by atoms with Gasteiger partial charge in [-0.3, -0.25) is 0 Å². The topological polar surface area (TPSA) is 110 Å². The van der Waals surface area contributed by atoms with Gasteiger partial charge in [0, 0.05) is 30.1 Å². The molecule has 2 heterocycles. The Morgan fingerprint density at radius 3 is 2.77 bits per heavy atom. The van der Waals surface area contributed by atoms with Crippen molar-refractivity contribution in [1.82, 2.24) is 19.9 Å². The average molecular weight is 475 g/mol. The molecule has 0 spiro atoms. The van der Waals surface area contributed by atoms with Crippen molar-refractivity contribution in [3.8, 4) is 5.75 Å². The lowest BCUT2D eigenvalue weighted by Gasteiger charge is -2.32. The number of aromatic nitrogens is 3. The van der Waals surface area contributed by atoms with Crippen LogP contribution in [0.1, 0.15) is 43.7 Å². The van der Waals surface area contributed by atoms with Crippen LogP contribution in [-0.4, -0.2) is 45.4 Å². The number of benzene rings is 2. The molecule has 1 fully saturated rings. The van der Waals surface area contributed by atoms with E-state index in [-0.39, 0.29) is 12.1 Å². The minimum atomic E-state index is -0.161. The van der Waals surface area contributed by atoms with Crippen molar-refractivity contribution >= 4 is 33.7 Å². The van der Waals surface area contributed by atoms with Crippen LogP contribution >= 0.6 is 0 Å². The van der Waals surface area contributed by atoms with Gasteiger partial charge in [-0.25, -0.2) is 4.98 Å². The monoisotopic (exact) mass is 474 g/mol. The molecule has 1 saturated carbocycles. The lowest BCUT2D eigenvalue weighted by atomic mass is 9.89. The highest BCUT2D eigenvalue weighted by Gasteiger charge is 2.26. The number of fused-ring (bicyclic) bond motifs is 3. The van der Waals surface area contributed by atoms with Crippen LogP contribution in [0.15, 0.2) is 42.5 Å². The highest BCUT2D eigenvalue weighted by Crippen LogP contribution is 2.34. The summed E-state index contributed by atoms with van der Waals surface area (Å²) in [5.74, 6) is 1.87. The molecule has 0 aliphatic heterocycles. The summed E-state index contributed by atoms with van der Waals surface area (Å²) < 4.78 is 8.00. The molecular formula is C27H34N6O2. The lowest BCUT2D eigenvalue weighted by molar-refractivity contribution is 0.0619. The molecule has 8 nitrogen and oxygen atoms in total. The summed E-state index contributed by atoms with van der Waals surface area (Å²) in [5.41, 5.74) is 11.3. The first-order valence-corrected chi connectivity index (χ1v) is 12.4. The number of unbranched alkanes of at least 4 members (excludes halogenated alkanes) is 1. The number of aliphatic hydroxyl groups is 1. The second-order valence-corrected chi connectivity index (χ2v) is 9.36. The van der Waals surface area contributed by atoms with Gasteiger partial charge in [-0.2, -0.15) is 4.98 Å². The van der Waals surface area contributed by atoms with E-state index < -0.39 is 0 Å². The van der Waals surface area contributed by atoms with Gasteiger partial charge in [0.15, 0.2) is 5.82 Å². The van der Waals surface area contributed by atoms with Crippen LogP contribution in [0.2, 0.25) is 0 Å². The van der Waals surface area contributed by atoms with Crippen LogP contribution in [0.4, 0.5) is 11.8 Å². The number of aliphatic hydroxyl groups excluding tert-OH is 1. The number of nitrogen functional groups attached to an aromatic ring is 1. The molecule has 5 N–H and O–H groups in total. The van der Waals surface area contributed by atoms with Crippen molar-refractivity contribution < 1.29 is 9.84 Å². The number of nitrogens with one attached hydrogen (secondary N) is 2. The first kappa shape index (κ1) is 23.4. The van der Waals surface area contributed by atoms with Crippen LogP contribution in [0.5, 0.6) is 5.75 Å². The molecule has 0 saturated heterocycles. The molecule has 8 heteroatoms. The van der Waals surface area contributed by atoms with Gasteiger partial charge in [-0.05, 0) is 43.0 Å². The number of nitrogens with two attached hydrogens (primary N) is 1. The fourth-order valence-electron chi connectivity index (χ4n) is 4.87. The molecule has 0 unspecified atom stereocenters. The smallest absolute Gasteiger partial charge is 0.222 e. The summed E-state index contributed by atoms with van der Waals surface area (Å²) in [6, 6.07) is 15.0. The molecule has 0 radical (unpaired) electrons. The average Bonchev–Trinajstić information content (AvgIpc) is 3.15. The Labute approximate surface area is 205 Å². The molecule has 2 aromatic heterocycles. The minimum Gasteiger partial charge on any atom is -0.496 e. The molecule has 0 bridgehead atoms. The maximum Gasteiger partial charge on any atom is 0.222 e. The maximum absolute atomic E-state index is 9.57.